The van der Waals surface area contributed by atoms with E-state index in [9.17, 15) is 19.2 Å². The fourth-order valence-corrected chi connectivity index (χ4v) is 5.76. The Kier molecular flexibility index (Phi) is 68.0. The Hall–Kier alpha value is -1.32. The van der Waals surface area contributed by atoms with E-state index >= 15 is 0 Å². The van der Waals surface area contributed by atoms with Gasteiger partial charge in [0.25, 0.3) is 0 Å². The first-order valence-electron chi connectivity index (χ1n) is 22.7. The lowest BCUT2D eigenvalue weighted by atomic mass is 9.71. The SMILES string of the molecule is CC(=O)CCCCCCC(CC(C)=O)(CC(C)=O)CC(C)=O.CCCCCC.CCCCCC.CCCCCC.CCCCCC.CCCCCC. The summed E-state index contributed by atoms with van der Waals surface area (Å²) in [5, 5.41) is 0. The van der Waals surface area contributed by atoms with Crippen LogP contribution in [0.3, 0.4) is 0 Å². The first-order valence-corrected chi connectivity index (χ1v) is 22.7. The molecule has 0 radical (unpaired) electrons. The summed E-state index contributed by atoms with van der Waals surface area (Å²) in [7, 11) is 0. The summed E-state index contributed by atoms with van der Waals surface area (Å²) in [4.78, 5) is 45.6. The Morgan fingerprint density at radius 3 is 0.673 bits per heavy atom. The standard InChI is InChI=1S/C18H30O4.5C6H14/c1-14(19)9-7-5-6-8-10-18(11-15(2)20,12-16(3)21)13-17(4)22;5*1-3-5-6-4-2/h5-13H2,1-4H3;5*3-6H2,1-2H3. The Morgan fingerprint density at radius 2 is 0.500 bits per heavy atom. The topological polar surface area (TPSA) is 68.3 Å². The van der Waals surface area contributed by atoms with Crippen molar-refractivity contribution in [2.75, 3.05) is 0 Å². The monoisotopic (exact) mass is 741 g/mol. The van der Waals surface area contributed by atoms with Crippen LogP contribution in [0.25, 0.3) is 0 Å². The van der Waals surface area contributed by atoms with Crippen molar-refractivity contribution >= 4 is 23.1 Å². The molecule has 4 heteroatoms. The number of ketones is 4. The average Bonchev–Trinajstić information content (AvgIpc) is 3.08. The van der Waals surface area contributed by atoms with Crippen molar-refractivity contribution in [3.8, 4) is 0 Å². The van der Waals surface area contributed by atoms with Gasteiger partial charge in [0.1, 0.15) is 23.1 Å². The molecular weight excluding hydrogens is 641 g/mol. The van der Waals surface area contributed by atoms with Gasteiger partial charge in [0, 0.05) is 25.7 Å². The van der Waals surface area contributed by atoms with E-state index < -0.39 is 5.41 Å². The molecule has 0 aliphatic rings. The van der Waals surface area contributed by atoms with Crippen molar-refractivity contribution in [1.82, 2.24) is 0 Å². The van der Waals surface area contributed by atoms with Crippen molar-refractivity contribution in [3.05, 3.63) is 0 Å². The van der Waals surface area contributed by atoms with E-state index in [0.717, 1.165) is 25.7 Å². The number of Topliss-reactive ketones (excluding diaryl/α,β-unsaturated/α-hetero) is 4. The van der Waals surface area contributed by atoms with Gasteiger partial charge < -0.3 is 19.2 Å². The normalized spacial score (nSPS) is 9.96. The second-order valence-corrected chi connectivity index (χ2v) is 15.3. The van der Waals surface area contributed by atoms with Gasteiger partial charge in [-0.2, -0.15) is 0 Å². The minimum Gasteiger partial charge on any atom is -0.300 e. The molecule has 0 spiro atoms. The second-order valence-electron chi connectivity index (χ2n) is 15.3. The molecule has 0 saturated heterocycles. The van der Waals surface area contributed by atoms with E-state index in [1.54, 1.807) is 6.92 Å². The molecule has 52 heavy (non-hydrogen) atoms. The van der Waals surface area contributed by atoms with Crippen LogP contribution >= 0.6 is 0 Å². The fraction of sp³-hybridized carbons (Fsp3) is 0.917. The highest BCUT2D eigenvalue weighted by Crippen LogP contribution is 2.38. The molecule has 4 nitrogen and oxygen atoms in total. The molecule has 316 valence electrons. The van der Waals surface area contributed by atoms with Crippen molar-refractivity contribution in [2.45, 2.75) is 283 Å². The van der Waals surface area contributed by atoms with Gasteiger partial charge in [0.15, 0.2) is 0 Å². The Bertz CT molecular complexity index is 589. The molecule has 0 atom stereocenters. The average molecular weight is 741 g/mol. The zero-order valence-electron chi connectivity index (χ0n) is 38.6. The molecule has 0 N–H and O–H groups in total. The van der Waals surface area contributed by atoms with Crippen LogP contribution in [0.4, 0.5) is 0 Å². The lowest BCUT2D eigenvalue weighted by molar-refractivity contribution is -0.126. The Labute approximate surface area is 330 Å². The predicted octanol–water partition coefficient (Wildman–Crippen LogP) is 16.8. The van der Waals surface area contributed by atoms with Crippen molar-refractivity contribution in [3.63, 3.8) is 0 Å². The van der Waals surface area contributed by atoms with Crippen LogP contribution in [0, 0.1) is 5.41 Å². The molecule has 0 bridgehead atoms. The third-order valence-corrected chi connectivity index (χ3v) is 8.64. The number of rotatable bonds is 28. The van der Waals surface area contributed by atoms with E-state index in [1.807, 2.05) is 0 Å². The lowest BCUT2D eigenvalue weighted by Crippen LogP contribution is -2.29. The summed E-state index contributed by atoms with van der Waals surface area (Å²) in [5.41, 5.74) is -0.510. The quantitative estimate of drug-likeness (QED) is 0.0749. The highest BCUT2D eigenvalue weighted by molar-refractivity contribution is 5.83. The van der Waals surface area contributed by atoms with Gasteiger partial charge in [-0.3, -0.25) is 0 Å². The summed E-state index contributed by atoms with van der Waals surface area (Å²) >= 11 is 0. The van der Waals surface area contributed by atoms with Gasteiger partial charge >= 0.3 is 0 Å². The largest absolute Gasteiger partial charge is 0.300 e. The number of carbonyl (C=O) groups excluding carboxylic acids is 4. The zero-order valence-corrected chi connectivity index (χ0v) is 38.6. The highest BCUT2D eigenvalue weighted by atomic mass is 16.1. The molecule has 0 amide bonds. The van der Waals surface area contributed by atoms with Crippen LogP contribution in [0.15, 0.2) is 0 Å². The summed E-state index contributed by atoms with van der Waals surface area (Å²) < 4.78 is 0. The molecule has 0 aromatic heterocycles. The summed E-state index contributed by atoms with van der Waals surface area (Å²) in [5.74, 6) is 0.288. The minimum atomic E-state index is -0.510. The predicted molar refractivity (Wildman–Crippen MR) is 236 cm³/mol. The third kappa shape index (κ3) is 74.0. The van der Waals surface area contributed by atoms with Gasteiger partial charge in [0.05, 0.1) is 0 Å². The maximum absolute atomic E-state index is 11.6. The van der Waals surface area contributed by atoms with Gasteiger partial charge in [-0.05, 0) is 46.0 Å². The molecule has 0 aromatic carbocycles. The minimum absolute atomic E-state index is 0.0269. The molecular formula is C48H100O4. The van der Waals surface area contributed by atoms with Crippen molar-refractivity contribution < 1.29 is 19.2 Å². The van der Waals surface area contributed by atoms with Crippen LogP contribution in [0.1, 0.15) is 283 Å². The molecule has 0 saturated carbocycles. The number of carbonyl (C=O) groups is 4. The van der Waals surface area contributed by atoms with E-state index in [2.05, 4.69) is 69.2 Å². The zero-order chi connectivity index (χ0) is 41.3. The van der Waals surface area contributed by atoms with Crippen LogP contribution in [0.5, 0.6) is 0 Å². The molecule has 0 heterocycles. The fourth-order valence-electron chi connectivity index (χ4n) is 5.76. The molecule has 0 unspecified atom stereocenters. The highest BCUT2D eigenvalue weighted by Gasteiger charge is 2.33. The molecule has 0 fully saturated rings. The maximum atomic E-state index is 11.6. The number of unbranched alkanes of at least 4 members (excludes halogenated alkanes) is 18. The number of hydrogen-bond donors (Lipinski definition) is 0. The van der Waals surface area contributed by atoms with Crippen molar-refractivity contribution in [2.24, 2.45) is 5.41 Å². The van der Waals surface area contributed by atoms with Crippen LogP contribution in [0.2, 0.25) is 0 Å². The Morgan fingerprint density at radius 1 is 0.288 bits per heavy atom. The first-order chi connectivity index (χ1) is 24.7. The smallest absolute Gasteiger partial charge is 0.130 e. The van der Waals surface area contributed by atoms with Crippen LogP contribution in [-0.2, 0) is 19.2 Å². The summed E-state index contributed by atoms with van der Waals surface area (Å²) in [6, 6.07) is 0. The molecule has 0 aromatic rings. The van der Waals surface area contributed by atoms with Gasteiger partial charge in [-0.15, -0.1) is 0 Å². The first kappa shape index (κ1) is 62.7. The van der Waals surface area contributed by atoms with E-state index in [-0.39, 0.29) is 23.1 Å². The Balaban J connectivity index is -0.000000143. The maximum Gasteiger partial charge on any atom is 0.130 e. The summed E-state index contributed by atoms with van der Waals surface area (Å²) in [6.07, 6.45) is 33.6. The van der Waals surface area contributed by atoms with Gasteiger partial charge in [0.2, 0.25) is 0 Å². The molecule has 0 aliphatic heterocycles. The molecule has 0 aliphatic carbocycles. The third-order valence-electron chi connectivity index (χ3n) is 8.64. The van der Waals surface area contributed by atoms with Crippen LogP contribution in [-0.4, -0.2) is 23.1 Å². The van der Waals surface area contributed by atoms with Crippen molar-refractivity contribution in [1.29, 1.82) is 0 Å². The van der Waals surface area contributed by atoms with E-state index in [1.165, 1.54) is 149 Å². The van der Waals surface area contributed by atoms with Gasteiger partial charge in [-0.25, -0.2) is 0 Å². The van der Waals surface area contributed by atoms with Crippen LogP contribution < -0.4 is 0 Å². The van der Waals surface area contributed by atoms with E-state index in [4.69, 9.17) is 0 Å². The van der Waals surface area contributed by atoms with Gasteiger partial charge in [-0.1, -0.05) is 217 Å². The lowest BCUT2D eigenvalue weighted by Gasteiger charge is -2.31. The summed E-state index contributed by atoms with van der Waals surface area (Å²) in [6.45, 7) is 28.5. The molecule has 0 rings (SSSR count). The number of hydrogen-bond acceptors (Lipinski definition) is 4. The van der Waals surface area contributed by atoms with E-state index in [0.29, 0.717) is 32.1 Å². The second kappa shape index (κ2) is 56.4.